The zero-order valence-corrected chi connectivity index (χ0v) is 16.1. The second-order valence-corrected chi connectivity index (χ2v) is 8.04. The monoisotopic (exact) mass is 376 g/mol. The Bertz CT molecular complexity index is 1030. The summed E-state index contributed by atoms with van der Waals surface area (Å²) < 4.78 is 2.13. The molecule has 0 bridgehead atoms. The standard InChI is InChI=1S/C21H24N6O/c1-12(2)27-19(13-3-5-14(6-4-13)21(28)25-16-9-10-16)26-17-18(24-15-7-8-15)22-11-23-20(17)27/h3-6,11-12,15-16H,7-10H2,1-2H3,(H,25,28)(H,22,23,24). The highest BCUT2D eigenvalue weighted by atomic mass is 16.1. The van der Waals surface area contributed by atoms with Crippen LogP contribution in [-0.4, -0.2) is 37.5 Å². The minimum Gasteiger partial charge on any atom is -0.365 e. The Kier molecular flexibility index (Phi) is 4.03. The summed E-state index contributed by atoms with van der Waals surface area (Å²) in [7, 11) is 0. The number of hydrogen-bond donors (Lipinski definition) is 2. The maximum atomic E-state index is 12.3. The molecule has 1 aromatic carbocycles. The van der Waals surface area contributed by atoms with E-state index in [9.17, 15) is 4.79 Å². The SMILES string of the molecule is CC(C)n1c(-c2ccc(C(=O)NC3CC3)cc2)nc2c(NC3CC3)ncnc21. The first-order valence-electron chi connectivity index (χ1n) is 10.0. The van der Waals surface area contributed by atoms with Gasteiger partial charge in [0.1, 0.15) is 12.2 Å². The topological polar surface area (TPSA) is 84.7 Å². The lowest BCUT2D eigenvalue weighted by Crippen LogP contribution is -2.25. The lowest BCUT2D eigenvalue weighted by atomic mass is 10.1. The number of carbonyl (C=O) groups excluding carboxylic acids is 1. The molecule has 5 rings (SSSR count). The Morgan fingerprint density at radius 3 is 2.43 bits per heavy atom. The third-order valence-electron chi connectivity index (χ3n) is 5.23. The first-order chi connectivity index (χ1) is 13.6. The first-order valence-corrected chi connectivity index (χ1v) is 10.0. The number of aromatic nitrogens is 4. The van der Waals surface area contributed by atoms with Crippen molar-refractivity contribution in [3.05, 3.63) is 36.2 Å². The highest BCUT2D eigenvalue weighted by Crippen LogP contribution is 2.32. The number of fused-ring (bicyclic) bond motifs is 1. The molecule has 144 valence electrons. The van der Waals surface area contributed by atoms with Crippen LogP contribution in [0.2, 0.25) is 0 Å². The van der Waals surface area contributed by atoms with E-state index in [0.717, 1.165) is 41.2 Å². The fourth-order valence-corrected chi connectivity index (χ4v) is 3.40. The maximum Gasteiger partial charge on any atom is 0.251 e. The van der Waals surface area contributed by atoms with Crippen LogP contribution in [0.25, 0.3) is 22.6 Å². The molecule has 2 aromatic heterocycles. The quantitative estimate of drug-likeness (QED) is 0.687. The number of imidazole rings is 1. The van der Waals surface area contributed by atoms with Gasteiger partial charge in [-0.05, 0) is 51.7 Å². The van der Waals surface area contributed by atoms with Crippen molar-refractivity contribution < 1.29 is 4.79 Å². The summed E-state index contributed by atoms with van der Waals surface area (Å²) >= 11 is 0. The second kappa shape index (κ2) is 6.58. The van der Waals surface area contributed by atoms with Crippen LogP contribution >= 0.6 is 0 Å². The Balaban J connectivity index is 1.53. The lowest BCUT2D eigenvalue weighted by Gasteiger charge is -2.13. The van der Waals surface area contributed by atoms with E-state index in [0.29, 0.717) is 17.6 Å². The number of nitrogens with zero attached hydrogens (tertiary/aromatic N) is 4. The molecule has 0 radical (unpaired) electrons. The van der Waals surface area contributed by atoms with Gasteiger partial charge in [-0.25, -0.2) is 15.0 Å². The highest BCUT2D eigenvalue weighted by Gasteiger charge is 2.26. The van der Waals surface area contributed by atoms with E-state index >= 15 is 0 Å². The molecule has 1 amide bonds. The molecule has 2 N–H and O–H groups in total. The fraction of sp³-hybridized carbons (Fsp3) is 0.429. The van der Waals surface area contributed by atoms with Crippen molar-refractivity contribution in [3.8, 4) is 11.4 Å². The average Bonchev–Trinajstić information content (AvgIpc) is 3.61. The van der Waals surface area contributed by atoms with Gasteiger partial charge in [-0.3, -0.25) is 4.79 Å². The van der Waals surface area contributed by atoms with Gasteiger partial charge in [0.15, 0.2) is 17.0 Å². The van der Waals surface area contributed by atoms with E-state index in [1.54, 1.807) is 6.33 Å². The van der Waals surface area contributed by atoms with E-state index in [4.69, 9.17) is 4.98 Å². The van der Waals surface area contributed by atoms with E-state index in [1.807, 2.05) is 24.3 Å². The van der Waals surface area contributed by atoms with Crippen molar-refractivity contribution >= 4 is 22.9 Å². The number of rotatable bonds is 6. The van der Waals surface area contributed by atoms with E-state index < -0.39 is 0 Å². The van der Waals surface area contributed by atoms with Gasteiger partial charge >= 0.3 is 0 Å². The van der Waals surface area contributed by atoms with Gasteiger partial charge in [-0.1, -0.05) is 12.1 Å². The third-order valence-corrected chi connectivity index (χ3v) is 5.23. The number of hydrogen-bond acceptors (Lipinski definition) is 5. The van der Waals surface area contributed by atoms with Gasteiger partial charge in [0.2, 0.25) is 0 Å². The highest BCUT2D eigenvalue weighted by molar-refractivity contribution is 5.95. The number of benzene rings is 1. The van der Waals surface area contributed by atoms with Gasteiger partial charge in [-0.15, -0.1) is 0 Å². The van der Waals surface area contributed by atoms with Gasteiger partial charge < -0.3 is 15.2 Å². The molecule has 2 aliphatic rings. The van der Waals surface area contributed by atoms with Crippen LogP contribution in [0.3, 0.4) is 0 Å². The zero-order chi connectivity index (χ0) is 19.3. The molecular formula is C21H24N6O. The summed E-state index contributed by atoms with van der Waals surface area (Å²) in [6, 6.07) is 8.70. The van der Waals surface area contributed by atoms with Crippen LogP contribution < -0.4 is 10.6 Å². The summed E-state index contributed by atoms with van der Waals surface area (Å²) in [5, 5.41) is 6.48. The van der Waals surface area contributed by atoms with Crippen molar-refractivity contribution in [1.82, 2.24) is 24.8 Å². The van der Waals surface area contributed by atoms with Crippen molar-refractivity contribution in [2.45, 2.75) is 57.7 Å². The second-order valence-electron chi connectivity index (χ2n) is 8.04. The minimum absolute atomic E-state index is 0.00630. The predicted molar refractivity (Wildman–Crippen MR) is 108 cm³/mol. The lowest BCUT2D eigenvalue weighted by molar-refractivity contribution is 0.0951. The normalized spacial score (nSPS) is 16.5. The Labute approximate surface area is 163 Å². The summed E-state index contributed by atoms with van der Waals surface area (Å²) in [4.78, 5) is 26.1. The molecule has 0 atom stereocenters. The molecule has 0 saturated heterocycles. The molecule has 2 aliphatic carbocycles. The van der Waals surface area contributed by atoms with Crippen LogP contribution in [0.4, 0.5) is 5.82 Å². The molecule has 0 aliphatic heterocycles. The molecular weight excluding hydrogens is 352 g/mol. The maximum absolute atomic E-state index is 12.3. The molecule has 0 spiro atoms. The van der Waals surface area contributed by atoms with Gasteiger partial charge in [0.25, 0.3) is 5.91 Å². The predicted octanol–water partition coefficient (Wildman–Crippen LogP) is 3.54. The van der Waals surface area contributed by atoms with Gasteiger partial charge in [-0.2, -0.15) is 0 Å². The summed E-state index contributed by atoms with van der Waals surface area (Å²) in [6.45, 7) is 4.25. The molecule has 3 aromatic rings. The van der Waals surface area contributed by atoms with Crippen molar-refractivity contribution in [3.63, 3.8) is 0 Å². The summed E-state index contributed by atoms with van der Waals surface area (Å²) in [5.41, 5.74) is 3.28. The molecule has 28 heavy (non-hydrogen) atoms. The number of amides is 1. The van der Waals surface area contributed by atoms with Crippen molar-refractivity contribution in [2.24, 2.45) is 0 Å². The van der Waals surface area contributed by atoms with Crippen LogP contribution in [0.1, 0.15) is 55.9 Å². The number of anilines is 1. The van der Waals surface area contributed by atoms with Crippen LogP contribution in [-0.2, 0) is 0 Å². The van der Waals surface area contributed by atoms with Gasteiger partial charge in [0.05, 0.1) is 0 Å². The molecule has 2 heterocycles. The molecule has 7 nitrogen and oxygen atoms in total. The molecule has 0 unspecified atom stereocenters. The summed E-state index contributed by atoms with van der Waals surface area (Å²) in [5.74, 6) is 1.64. The van der Waals surface area contributed by atoms with Crippen molar-refractivity contribution in [2.75, 3.05) is 5.32 Å². The zero-order valence-electron chi connectivity index (χ0n) is 16.1. The van der Waals surface area contributed by atoms with Crippen molar-refractivity contribution in [1.29, 1.82) is 0 Å². The molecule has 7 heteroatoms. The fourth-order valence-electron chi connectivity index (χ4n) is 3.40. The Hall–Kier alpha value is -2.96. The van der Waals surface area contributed by atoms with E-state index in [-0.39, 0.29) is 11.9 Å². The average molecular weight is 376 g/mol. The molecule has 2 fully saturated rings. The first kappa shape index (κ1) is 17.2. The minimum atomic E-state index is -0.00630. The Morgan fingerprint density at radius 1 is 1.07 bits per heavy atom. The smallest absolute Gasteiger partial charge is 0.251 e. The third kappa shape index (κ3) is 3.21. The van der Waals surface area contributed by atoms with Crippen LogP contribution in [0.15, 0.2) is 30.6 Å². The molecule has 2 saturated carbocycles. The number of nitrogens with one attached hydrogen (secondary N) is 2. The Morgan fingerprint density at radius 2 is 1.79 bits per heavy atom. The van der Waals surface area contributed by atoms with E-state index in [2.05, 4.69) is 39.0 Å². The number of carbonyl (C=O) groups is 1. The van der Waals surface area contributed by atoms with Gasteiger partial charge in [0, 0.05) is 29.3 Å². The van der Waals surface area contributed by atoms with E-state index in [1.165, 1.54) is 12.8 Å². The summed E-state index contributed by atoms with van der Waals surface area (Å²) in [6.07, 6.45) is 6.12. The van der Waals surface area contributed by atoms with Crippen LogP contribution in [0.5, 0.6) is 0 Å². The van der Waals surface area contributed by atoms with Crippen LogP contribution in [0, 0.1) is 0 Å². The largest absolute Gasteiger partial charge is 0.365 e.